The molecular formula is C17H10FN5S. The van der Waals surface area contributed by atoms with Crippen LogP contribution in [0.15, 0.2) is 48.0 Å². The molecule has 0 amide bonds. The molecule has 0 aliphatic carbocycles. The van der Waals surface area contributed by atoms with Crippen molar-refractivity contribution in [3.05, 3.63) is 53.8 Å². The van der Waals surface area contributed by atoms with E-state index in [-0.39, 0.29) is 5.82 Å². The number of halogens is 1. The van der Waals surface area contributed by atoms with E-state index >= 15 is 0 Å². The van der Waals surface area contributed by atoms with Gasteiger partial charge >= 0.3 is 0 Å². The SMILES string of the molecule is Fc1ccc(-c2csc(-c3nc4cc5c[nH][nH]c5cc4n3)n2)cc1. The number of thiazole rings is 1. The second-order valence-corrected chi connectivity index (χ2v) is 6.29. The van der Waals surface area contributed by atoms with E-state index in [4.69, 9.17) is 0 Å². The van der Waals surface area contributed by atoms with Crippen molar-refractivity contribution in [2.24, 2.45) is 0 Å². The smallest absolute Gasteiger partial charge is 0.190 e. The van der Waals surface area contributed by atoms with Gasteiger partial charge in [0.15, 0.2) is 10.8 Å². The van der Waals surface area contributed by atoms with Gasteiger partial charge in [-0.25, -0.2) is 19.3 Å². The Morgan fingerprint density at radius 2 is 1.75 bits per heavy atom. The first-order valence-electron chi connectivity index (χ1n) is 7.31. The van der Waals surface area contributed by atoms with Crippen molar-refractivity contribution in [3.63, 3.8) is 0 Å². The monoisotopic (exact) mass is 335 g/mol. The molecule has 0 atom stereocenters. The molecule has 2 N–H and O–H groups in total. The minimum atomic E-state index is -0.257. The highest BCUT2D eigenvalue weighted by Gasteiger charge is 2.13. The second kappa shape index (κ2) is 4.97. The molecule has 0 spiro atoms. The average Bonchev–Trinajstić information content (AvgIpc) is 3.31. The van der Waals surface area contributed by atoms with E-state index in [2.05, 4.69) is 25.1 Å². The maximum Gasteiger partial charge on any atom is 0.190 e. The van der Waals surface area contributed by atoms with Gasteiger partial charge in [-0.1, -0.05) is 0 Å². The van der Waals surface area contributed by atoms with Crippen molar-refractivity contribution in [2.75, 3.05) is 0 Å². The zero-order valence-corrected chi connectivity index (χ0v) is 13.1. The summed E-state index contributed by atoms with van der Waals surface area (Å²) in [5.41, 5.74) is 4.32. The normalized spacial score (nSPS) is 11.5. The van der Waals surface area contributed by atoms with Gasteiger partial charge in [0, 0.05) is 22.5 Å². The number of nitrogens with one attached hydrogen (secondary N) is 2. The molecule has 116 valence electrons. The number of nitrogens with zero attached hydrogens (tertiary/aromatic N) is 3. The van der Waals surface area contributed by atoms with Crippen molar-refractivity contribution in [2.45, 2.75) is 0 Å². The quantitative estimate of drug-likeness (QED) is 0.503. The van der Waals surface area contributed by atoms with Gasteiger partial charge in [-0.15, -0.1) is 11.3 Å². The van der Waals surface area contributed by atoms with Crippen LogP contribution in [0.3, 0.4) is 0 Å². The van der Waals surface area contributed by atoms with Gasteiger partial charge in [0.25, 0.3) is 0 Å². The summed E-state index contributed by atoms with van der Waals surface area (Å²) in [6.45, 7) is 0. The van der Waals surface area contributed by atoms with Crippen LogP contribution in [0.4, 0.5) is 4.39 Å². The van der Waals surface area contributed by atoms with Gasteiger partial charge in [0.05, 0.1) is 22.2 Å². The van der Waals surface area contributed by atoms with E-state index in [0.717, 1.165) is 38.2 Å². The zero-order valence-electron chi connectivity index (χ0n) is 12.2. The first-order chi connectivity index (χ1) is 11.8. The fraction of sp³-hybridized carbons (Fsp3) is 0. The highest BCUT2D eigenvalue weighted by atomic mass is 32.1. The van der Waals surface area contributed by atoms with Crippen LogP contribution in [-0.4, -0.2) is 25.1 Å². The van der Waals surface area contributed by atoms with Crippen molar-refractivity contribution in [1.82, 2.24) is 25.1 Å². The van der Waals surface area contributed by atoms with Gasteiger partial charge in [0.2, 0.25) is 0 Å². The third-order valence-corrected chi connectivity index (χ3v) is 4.71. The van der Waals surface area contributed by atoms with Gasteiger partial charge in [-0.2, -0.15) is 0 Å². The Hall–Kier alpha value is -3.06. The third kappa shape index (κ3) is 2.10. The number of benzene rings is 2. The molecular weight excluding hydrogens is 325 g/mol. The first-order valence-corrected chi connectivity index (χ1v) is 8.19. The number of fused-ring (bicyclic) bond motifs is 2. The van der Waals surface area contributed by atoms with E-state index in [9.17, 15) is 4.39 Å². The van der Waals surface area contributed by atoms with Crippen LogP contribution >= 0.6 is 11.3 Å². The molecule has 24 heavy (non-hydrogen) atoms. The average molecular weight is 335 g/mol. The summed E-state index contributed by atoms with van der Waals surface area (Å²) in [4.78, 5) is 13.7. The maximum absolute atomic E-state index is 13.0. The van der Waals surface area contributed by atoms with Crippen LogP contribution in [0.2, 0.25) is 0 Å². The summed E-state index contributed by atoms with van der Waals surface area (Å²) < 4.78 is 13.0. The summed E-state index contributed by atoms with van der Waals surface area (Å²) in [5, 5.41) is 9.75. The molecule has 0 bridgehead atoms. The number of aromatic amines is 2. The molecule has 0 fully saturated rings. The van der Waals surface area contributed by atoms with E-state index in [1.807, 2.05) is 23.7 Å². The lowest BCUT2D eigenvalue weighted by Crippen LogP contribution is -1.81. The van der Waals surface area contributed by atoms with Gasteiger partial charge in [-0.05, 0) is 36.4 Å². The van der Waals surface area contributed by atoms with Crippen LogP contribution in [-0.2, 0) is 0 Å². The summed E-state index contributed by atoms with van der Waals surface area (Å²) in [6.07, 6.45) is 1.89. The van der Waals surface area contributed by atoms with Gasteiger partial charge in [0.1, 0.15) is 5.82 Å². The molecule has 5 nitrogen and oxygen atoms in total. The summed E-state index contributed by atoms with van der Waals surface area (Å²) >= 11 is 1.48. The summed E-state index contributed by atoms with van der Waals surface area (Å²) in [5.74, 6) is 0.354. The van der Waals surface area contributed by atoms with Gasteiger partial charge in [-0.3, -0.25) is 0 Å². The minimum Gasteiger partial charge on any atom is -0.307 e. The fourth-order valence-corrected chi connectivity index (χ4v) is 3.43. The predicted octanol–water partition coefficient (Wildman–Crippen LogP) is 4.37. The van der Waals surface area contributed by atoms with Crippen LogP contribution in [0, 0.1) is 5.82 Å². The summed E-state index contributed by atoms with van der Waals surface area (Å²) in [6, 6.07) is 10.3. The Balaban J connectivity index is 1.58. The van der Waals surface area contributed by atoms with Crippen molar-refractivity contribution < 1.29 is 4.39 Å². The maximum atomic E-state index is 13.0. The number of rotatable bonds is 2. The van der Waals surface area contributed by atoms with Crippen LogP contribution in [0.25, 0.3) is 44.0 Å². The van der Waals surface area contributed by atoms with Crippen molar-refractivity contribution in [3.8, 4) is 22.1 Å². The summed E-state index contributed by atoms with van der Waals surface area (Å²) in [7, 11) is 0. The van der Waals surface area contributed by atoms with Crippen molar-refractivity contribution in [1.29, 1.82) is 0 Å². The second-order valence-electron chi connectivity index (χ2n) is 5.43. The van der Waals surface area contributed by atoms with Crippen molar-refractivity contribution >= 4 is 33.3 Å². The molecule has 5 rings (SSSR count). The molecule has 0 unspecified atom stereocenters. The Labute approximate surface area is 139 Å². The number of hydrogen-bond donors (Lipinski definition) is 2. The standard InChI is InChI=1S/C17H10FN5S/c18-11-3-1-9(2-4-11)15-8-24-17(22-15)16-20-13-5-10-7-19-23-12(10)6-14(13)21-16/h1-8,19,23H. The Morgan fingerprint density at radius 3 is 2.58 bits per heavy atom. The van der Waals surface area contributed by atoms with Crippen LogP contribution in [0.5, 0.6) is 0 Å². The largest absolute Gasteiger partial charge is 0.307 e. The van der Waals surface area contributed by atoms with Crippen LogP contribution in [0.1, 0.15) is 0 Å². The molecule has 0 saturated heterocycles. The molecule has 3 heterocycles. The molecule has 7 heteroatoms. The highest BCUT2D eigenvalue weighted by molar-refractivity contribution is 7.13. The number of H-pyrrole nitrogens is 2. The number of aromatic nitrogens is 5. The fourth-order valence-electron chi connectivity index (χ4n) is 2.67. The predicted molar refractivity (Wildman–Crippen MR) is 92.2 cm³/mol. The molecule has 0 saturated carbocycles. The van der Waals surface area contributed by atoms with Gasteiger partial charge < -0.3 is 10.2 Å². The Morgan fingerprint density at radius 1 is 0.958 bits per heavy atom. The molecule has 0 aliphatic heterocycles. The lowest BCUT2D eigenvalue weighted by molar-refractivity contribution is 0.628. The Kier molecular flexibility index (Phi) is 2.77. The van der Waals surface area contributed by atoms with E-state index in [1.54, 1.807) is 12.1 Å². The number of hydrogen-bond acceptors (Lipinski definition) is 4. The molecule has 0 radical (unpaired) electrons. The number of imidazole rings is 1. The zero-order chi connectivity index (χ0) is 16.1. The molecule has 0 aliphatic rings. The van der Waals surface area contributed by atoms with E-state index < -0.39 is 0 Å². The topological polar surface area (TPSA) is 70.2 Å². The molecule has 3 aromatic heterocycles. The molecule has 2 aromatic carbocycles. The van der Waals surface area contributed by atoms with Crippen LogP contribution < -0.4 is 0 Å². The first kappa shape index (κ1) is 13.4. The Bertz CT molecular complexity index is 1120. The highest BCUT2D eigenvalue weighted by Crippen LogP contribution is 2.29. The lowest BCUT2D eigenvalue weighted by atomic mass is 10.2. The van der Waals surface area contributed by atoms with E-state index in [1.165, 1.54) is 23.5 Å². The minimum absolute atomic E-state index is 0.257. The van der Waals surface area contributed by atoms with E-state index in [0.29, 0.717) is 5.82 Å². The lowest BCUT2D eigenvalue weighted by Gasteiger charge is -1.95. The molecule has 5 aromatic rings. The third-order valence-electron chi connectivity index (χ3n) is 3.87.